The van der Waals surface area contributed by atoms with Crippen molar-refractivity contribution >= 4 is 0 Å². The molecule has 2 nitrogen and oxygen atoms in total. The van der Waals surface area contributed by atoms with Gasteiger partial charge in [0.2, 0.25) is 0 Å². The van der Waals surface area contributed by atoms with Crippen molar-refractivity contribution in [2.75, 3.05) is 20.2 Å². The molecular weight excluding hydrogens is 222 g/mol. The number of likely N-dealkylation sites (tertiary alicyclic amines) is 1. The second kappa shape index (κ2) is 4.93. The number of aryl methyl sites for hydroxylation is 1. The van der Waals surface area contributed by atoms with E-state index in [9.17, 15) is 0 Å². The van der Waals surface area contributed by atoms with Crippen molar-refractivity contribution in [1.82, 2.24) is 4.90 Å². The van der Waals surface area contributed by atoms with Gasteiger partial charge in [0.15, 0.2) is 0 Å². The van der Waals surface area contributed by atoms with Gasteiger partial charge in [0.25, 0.3) is 0 Å². The fourth-order valence-corrected chi connectivity index (χ4v) is 3.81. The maximum Gasteiger partial charge on any atom is 0.119 e. The maximum absolute atomic E-state index is 5.39. The molecule has 0 unspecified atom stereocenters. The molecule has 1 saturated heterocycles. The molecule has 1 aliphatic carbocycles. The Hall–Kier alpha value is -1.02. The average Bonchev–Trinajstić information content (AvgIpc) is 2.82. The van der Waals surface area contributed by atoms with Gasteiger partial charge in [-0.2, -0.15) is 0 Å². The zero-order valence-corrected chi connectivity index (χ0v) is 11.5. The Morgan fingerprint density at radius 2 is 2.22 bits per heavy atom. The topological polar surface area (TPSA) is 12.5 Å². The zero-order chi connectivity index (χ0) is 12.5. The van der Waals surface area contributed by atoms with E-state index in [0.717, 1.165) is 17.7 Å². The van der Waals surface area contributed by atoms with Crippen molar-refractivity contribution in [1.29, 1.82) is 0 Å². The number of hydrogen-bond acceptors (Lipinski definition) is 2. The van der Waals surface area contributed by atoms with Crippen LogP contribution in [0.5, 0.6) is 5.75 Å². The molecule has 0 amide bonds. The van der Waals surface area contributed by atoms with Gasteiger partial charge in [-0.15, -0.1) is 0 Å². The van der Waals surface area contributed by atoms with Gasteiger partial charge in [-0.25, -0.2) is 0 Å². The van der Waals surface area contributed by atoms with Crippen LogP contribution in [-0.4, -0.2) is 31.1 Å². The number of rotatable bonds is 3. The molecule has 1 aliphatic heterocycles. The monoisotopic (exact) mass is 245 g/mol. The molecule has 2 atom stereocenters. The van der Waals surface area contributed by atoms with Crippen molar-refractivity contribution in [3.05, 3.63) is 29.3 Å². The first-order chi connectivity index (χ1) is 8.83. The van der Waals surface area contributed by atoms with Crippen LogP contribution in [0.3, 0.4) is 0 Å². The molecule has 0 aromatic heterocycles. The summed E-state index contributed by atoms with van der Waals surface area (Å²) in [5.41, 5.74) is 3.11. The van der Waals surface area contributed by atoms with Crippen LogP contribution in [0.15, 0.2) is 18.2 Å². The molecule has 0 radical (unpaired) electrons. The van der Waals surface area contributed by atoms with E-state index in [0.29, 0.717) is 0 Å². The number of ether oxygens (including phenoxy) is 1. The minimum atomic E-state index is 0.746. The van der Waals surface area contributed by atoms with Crippen LogP contribution in [0.25, 0.3) is 0 Å². The lowest BCUT2D eigenvalue weighted by atomic mass is 9.79. The van der Waals surface area contributed by atoms with Crippen LogP contribution in [0.1, 0.15) is 43.2 Å². The van der Waals surface area contributed by atoms with Gasteiger partial charge in [0, 0.05) is 12.0 Å². The molecular formula is C16H23NO. The molecule has 1 heterocycles. The van der Waals surface area contributed by atoms with Crippen LogP contribution < -0.4 is 4.74 Å². The second-order valence-corrected chi connectivity index (χ2v) is 5.60. The van der Waals surface area contributed by atoms with Gasteiger partial charge in [-0.3, -0.25) is 4.90 Å². The second-order valence-electron chi connectivity index (χ2n) is 5.60. The van der Waals surface area contributed by atoms with E-state index >= 15 is 0 Å². The number of hydrogen-bond donors (Lipinski definition) is 0. The molecule has 2 aliphatic rings. The summed E-state index contributed by atoms with van der Waals surface area (Å²) in [4.78, 5) is 2.70. The predicted octanol–water partition coefficient (Wildman–Crippen LogP) is 3.21. The van der Waals surface area contributed by atoms with Gasteiger partial charge >= 0.3 is 0 Å². The Labute approximate surface area is 110 Å². The van der Waals surface area contributed by atoms with Crippen molar-refractivity contribution in [3.63, 3.8) is 0 Å². The third kappa shape index (κ3) is 1.93. The van der Waals surface area contributed by atoms with Gasteiger partial charge < -0.3 is 4.74 Å². The first kappa shape index (κ1) is 12.0. The molecule has 0 saturated carbocycles. The third-order valence-electron chi connectivity index (χ3n) is 4.63. The third-order valence-corrected chi connectivity index (χ3v) is 4.63. The van der Waals surface area contributed by atoms with Gasteiger partial charge in [-0.1, -0.05) is 13.0 Å². The lowest BCUT2D eigenvalue weighted by molar-refractivity contribution is 0.227. The largest absolute Gasteiger partial charge is 0.497 e. The predicted molar refractivity (Wildman–Crippen MR) is 74.3 cm³/mol. The smallest absolute Gasteiger partial charge is 0.119 e. The summed E-state index contributed by atoms with van der Waals surface area (Å²) in [5, 5.41) is 0. The standard InChI is InChI=1S/C16H23NO/c1-3-9-17-10-8-14-15-11-13(18-2)6-4-12(15)5-7-16(14)17/h4,6,11,14,16H,3,5,7-10H2,1-2H3/t14-,16+/m0/s1. The Bertz CT molecular complexity index is 429. The van der Waals surface area contributed by atoms with Gasteiger partial charge in [0.05, 0.1) is 7.11 Å². The van der Waals surface area contributed by atoms with Crippen LogP contribution >= 0.6 is 0 Å². The SMILES string of the molecule is CCCN1CC[C@H]2c3cc(OC)ccc3CC[C@H]21. The van der Waals surface area contributed by atoms with E-state index in [-0.39, 0.29) is 0 Å². The summed E-state index contributed by atoms with van der Waals surface area (Å²) in [7, 11) is 1.76. The van der Waals surface area contributed by atoms with Crippen LogP contribution in [0.4, 0.5) is 0 Å². The minimum Gasteiger partial charge on any atom is -0.497 e. The summed E-state index contributed by atoms with van der Waals surface area (Å²) in [6.45, 7) is 4.83. The highest BCUT2D eigenvalue weighted by atomic mass is 16.5. The molecule has 18 heavy (non-hydrogen) atoms. The van der Waals surface area contributed by atoms with Gasteiger partial charge in [0.1, 0.15) is 5.75 Å². The van der Waals surface area contributed by atoms with Crippen molar-refractivity contribution in [2.24, 2.45) is 0 Å². The Balaban J connectivity index is 1.89. The Kier molecular flexibility index (Phi) is 3.29. The molecule has 2 heteroatoms. The fraction of sp³-hybridized carbons (Fsp3) is 0.625. The lowest BCUT2D eigenvalue weighted by Gasteiger charge is -2.33. The van der Waals surface area contributed by atoms with E-state index in [1.165, 1.54) is 38.8 Å². The molecule has 0 bridgehead atoms. The number of fused-ring (bicyclic) bond motifs is 3. The van der Waals surface area contributed by atoms with Crippen molar-refractivity contribution in [3.8, 4) is 5.75 Å². The van der Waals surface area contributed by atoms with Crippen LogP contribution in [0.2, 0.25) is 0 Å². The molecule has 3 rings (SSSR count). The zero-order valence-electron chi connectivity index (χ0n) is 11.5. The van der Waals surface area contributed by atoms with E-state index in [1.54, 1.807) is 18.2 Å². The summed E-state index contributed by atoms with van der Waals surface area (Å²) >= 11 is 0. The Morgan fingerprint density at radius 1 is 1.33 bits per heavy atom. The molecule has 0 spiro atoms. The van der Waals surface area contributed by atoms with Gasteiger partial charge in [-0.05, 0) is 62.0 Å². The molecule has 0 N–H and O–H groups in total. The first-order valence-electron chi connectivity index (χ1n) is 7.24. The molecule has 1 aromatic rings. The molecule has 1 aromatic carbocycles. The maximum atomic E-state index is 5.39. The lowest BCUT2D eigenvalue weighted by Crippen LogP contribution is -2.35. The quantitative estimate of drug-likeness (QED) is 0.811. The number of methoxy groups -OCH3 is 1. The summed E-state index contributed by atoms with van der Waals surface area (Å²) < 4.78 is 5.39. The highest BCUT2D eigenvalue weighted by Crippen LogP contribution is 2.42. The van der Waals surface area contributed by atoms with E-state index in [2.05, 4.69) is 30.0 Å². The normalized spacial score (nSPS) is 26.8. The van der Waals surface area contributed by atoms with Crippen molar-refractivity contribution in [2.45, 2.75) is 44.6 Å². The summed E-state index contributed by atoms with van der Waals surface area (Å²) in [5.74, 6) is 1.76. The summed E-state index contributed by atoms with van der Waals surface area (Å²) in [6.07, 6.45) is 5.17. The number of nitrogens with zero attached hydrogens (tertiary/aromatic N) is 1. The highest BCUT2D eigenvalue weighted by Gasteiger charge is 2.38. The first-order valence-corrected chi connectivity index (χ1v) is 7.24. The Morgan fingerprint density at radius 3 is 3.00 bits per heavy atom. The number of benzene rings is 1. The van der Waals surface area contributed by atoms with E-state index < -0.39 is 0 Å². The minimum absolute atomic E-state index is 0.746. The van der Waals surface area contributed by atoms with Crippen molar-refractivity contribution < 1.29 is 4.74 Å². The van der Waals surface area contributed by atoms with E-state index in [4.69, 9.17) is 4.74 Å². The van der Waals surface area contributed by atoms with Crippen LogP contribution in [0, 0.1) is 0 Å². The molecule has 98 valence electrons. The fourth-order valence-electron chi connectivity index (χ4n) is 3.81. The average molecular weight is 245 g/mol. The highest BCUT2D eigenvalue weighted by molar-refractivity contribution is 5.41. The van der Waals surface area contributed by atoms with E-state index in [1.807, 2.05) is 0 Å². The molecule has 1 fully saturated rings. The summed E-state index contributed by atoms with van der Waals surface area (Å²) in [6, 6.07) is 7.44. The van der Waals surface area contributed by atoms with Crippen LogP contribution in [-0.2, 0) is 6.42 Å².